The zero-order valence-corrected chi connectivity index (χ0v) is 13.8. The Hall–Kier alpha value is -0.860. The number of rotatable bonds is 9. The minimum absolute atomic E-state index is 0.312. The second-order valence-electron chi connectivity index (χ2n) is 6.11. The van der Waals surface area contributed by atoms with Crippen molar-refractivity contribution in [3.63, 3.8) is 0 Å². The van der Waals surface area contributed by atoms with Crippen LogP contribution in [-0.4, -0.2) is 19.2 Å². The molecule has 0 aliphatic rings. The van der Waals surface area contributed by atoms with E-state index in [0.29, 0.717) is 24.5 Å². The van der Waals surface area contributed by atoms with Gasteiger partial charge in [-0.15, -0.1) is 0 Å². The average molecular weight is 277 g/mol. The molecule has 0 bridgehead atoms. The first kappa shape index (κ1) is 17.2. The molecule has 1 N–H and O–H groups in total. The number of benzene rings is 1. The fourth-order valence-electron chi connectivity index (χ4n) is 1.98. The normalized spacial score (nSPS) is 14.5. The molecule has 2 unspecified atom stereocenters. The number of hydrogen-bond acceptors (Lipinski definition) is 2. The van der Waals surface area contributed by atoms with Crippen LogP contribution in [0, 0.1) is 5.92 Å². The van der Waals surface area contributed by atoms with Crippen molar-refractivity contribution in [3.05, 3.63) is 35.4 Å². The molecule has 20 heavy (non-hydrogen) atoms. The van der Waals surface area contributed by atoms with Gasteiger partial charge in [-0.2, -0.15) is 0 Å². The maximum Gasteiger partial charge on any atom is 0.0720 e. The molecule has 0 saturated carbocycles. The van der Waals surface area contributed by atoms with E-state index >= 15 is 0 Å². The highest BCUT2D eigenvalue weighted by atomic mass is 16.5. The first-order valence-corrected chi connectivity index (χ1v) is 7.95. The summed E-state index contributed by atoms with van der Waals surface area (Å²) in [6, 6.07) is 8.85. The van der Waals surface area contributed by atoms with Crippen LogP contribution >= 0.6 is 0 Å². The molecule has 2 heteroatoms. The predicted molar refractivity (Wildman–Crippen MR) is 87.1 cm³/mol. The van der Waals surface area contributed by atoms with Crippen LogP contribution in [0.25, 0.3) is 0 Å². The Morgan fingerprint density at radius 2 is 1.70 bits per heavy atom. The second-order valence-corrected chi connectivity index (χ2v) is 6.11. The van der Waals surface area contributed by atoms with Gasteiger partial charge in [-0.25, -0.2) is 0 Å². The van der Waals surface area contributed by atoms with E-state index in [2.05, 4.69) is 64.2 Å². The summed E-state index contributed by atoms with van der Waals surface area (Å²) in [4.78, 5) is 0. The summed E-state index contributed by atoms with van der Waals surface area (Å²) in [5.41, 5.74) is 2.66. The molecular formula is C18H31NO. The summed E-state index contributed by atoms with van der Waals surface area (Å²) in [5, 5.41) is 3.48. The molecule has 0 aliphatic heterocycles. The number of hydrogen-bond donors (Lipinski definition) is 1. The fourth-order valence-corrected chi connectivity index (χ4v) is 1.98. The van der Waals surface area contributed by atoms with Crippen molar-refractivity contribution >= 4 is 0 Å². The van der Waals surface area contributed by atoms with Gasteiger partial charge < -0.3 is 10.1 Å². The van der Waals surface area contributed by atoms with Gasteiger partial charge in [-0.3, -0.25) is 0 Å². The highest BCUT2D eigenvalue weighted by Crippen LogP contribution is 2.16. The largest absolute Gasteiger partial charge is 0.374 e. The lowest BCUT2D eigenvalue weighted by atomic mass is 10.00. The van der Waals surface area contributed by atoms with Gasteiger partial charge in [0.15, 0.2) is 0 Å². The molecule has 0 fully saturated rings. The van der Waals surface area contributed by atoms with Crippen molar-refractivity contribution in [2.24, 2.45) is 5.92 Å². The first-order valence-electron chi connectivity index (χ1n) is 7.95. The lowest BCUT2D eigenvalue weighted by Crippen LogP contribution is -2.20. The molecule has 2 atom stereocenters. The van der Waals surface area contributed by atoms with Gasteiger partial charge in [0.25, 0.3) is 0 Å². The molecule has 0 amide bonds. The zero-order chi connectivity index (χ0) is 15.0. The van der Waals surface area contributed by atoms with Crippen LogP contribution < -0.4 is 5.32 Å². The Labute approximate surface area is 124 Å². The first-order chi connectivity index (χ1) is 9.54. The summed E-state index contributed by atoms with van der Waals surface area (Å²) in [5.74, 6) is 1.13. The molecule has 2 nitrogen and oxygen atoms in total. The van der Waals surface area contributed by atoms with Gasteiger partial charge in [0.1, 0.15) is 0 Å². The number of nitrogens with one attached hydrogen (secondary N) is 1. The van der Waals surface area contributed by atoms with Gasteiger partial charge in [0.05, 0.1) is 12.7 Å². The van der Waals surface area contributed by atoms with Gasteiger partial charge >= 0.3 is 0 Å². The smallest absolute Gasteiger partial charge is 0.0720 e. The van der Waals surface area contributed by atoms with Crippen molar-refractivity contribution in [2.75, 3.05) is 13.1 Å². The van der Waals surface area contributed by atoms with Gasteiger partial charge in [0.2, 0.25) is 0 Å². The van der Waals surface area contributed by atoms with E-state index in [0.717, 1.165) is 13.1 Å². The Kier molecular flexibility index (Phi) is 7.86. The maximum atomic E-state index is 5.86. The summed E-state index contributed by atoms with van der Waals surface area (Å²) >= 11 is 0. The van der Waals surface area contributed by atoms with Crippen LogP contribution in [0.3, 0.4) is 0 Å². The van der Waals surface area contributed by atoms with Crippen LogP contribution in [0.1, 0.15) is 58.1 Å². The highest BCUT2D eigenvalue weighted by Gasteiger charge is 2.08. The minimum atomic E-state index is 0.312. The van der Waals surface area contributed by atoms with Crippen molar-refractivity contribution in [1.82, 2.24) is 5.32 Å². The maximum absolute atomic E-state index is 5.86. The molecule has 114 valence electrons. The van der Waals surface area contributed by atoms with E-state index in [1.54, 1.807) is 0 Å². The van der Waals surface area contributed by atoms with Crippen LogP contribution in [0.2, 0.25) is 0 Å². The SMILES string of the molecule is CCCNCC(C)c1ccc(COC(C)C(C)C)cc1. The summed E-state index contributed by atoms with van der Waals surface area (Å²) in [6.07, 6.45) is 1.50. The third-order valence-electron chi connectivity index (χ3n) is 3.88. The molecule has 0 aliphatic carbocycles. The highest BCUT2D eigenvalue weighted by molar-refractivity contribution is 5.24. The van der Waals surface area contributed by atoms with Crippen molar-refractivity contribution in [2.45, 2.75) is 59.7 Å². The Morgan fingerprint density at radius 3 is 2.25 bits per heavy atom. The molecule has 1 aromatic carbocycles. The standard InChI is InChI=1S/C18H31NO/c1-6-11-19-12-15(4)18-9-7-17(8-10-18)13-20-16(5)14(2)3/h7-10,14-16,19H,6,11-13H2,1-5H3. The summed E-state index contributed by atoms with van der Waals surface area (Å²) < 4.78 is 5.86. The van der Waals surface area contributed by atoms with E-state index in [-0.39, 0.29) is 0 Å². The predicted octanol–water partition coefficient (Wildman–Crippen LogP) is 4.35. The molecular weight excluding hydrogens is 246 g/mol. The Morgan fingerprint density at radius 1 is 1.05 bits per heavy atom. The van der Waals surface area contributed by atoms with Crippen molar-refractivity contribution in [3.8, 4) is 0 Å². The minimum Gasteiger partial charge on any atom is -0.374 e. The quantitative estimate of drug-likeness (QED) is 0.678. The van der Waals surface area contributed by atoms with Gasteiger partial charge in [0, 0.05) is 6.54 Å². The van der Waals surface area contributed by atoms with E-state index in [9.17, 15) is 0 Å². The van der Waals surface area contributed by atoms with E-state index in [1.165, 1.54) is 17.5 Å². The molecule has 0 heterocycles. The lowest BCUT2D eigenvalue weighted by Gasteiger charge is -2.17. The summed E-state index contributed by atoms with van der Waals surface area (Å²) in [6.45, 7) is 13.9. The second kappa shape index (κ2) is 9.15. The molecule has 1 aromatic rings. The summed E-state index contributed by atoms with van der Waals surface area (Å²) in [7, 11) is 0. The molecule has 1 rings (SSSR count). The topological polar surface area (TPSA) is 21.3 Å². The lowest BCUT2D eigenvalue weighted by molar-refractivity contribution is 0.0235. The Bertz CT molecular complexity index is 358. The van der Waals surface area contributed by atoms with E-state index < -0.39 is 0 Å². The molecule has 0 saturated heterocycles. The molecule has 0 spiro atoms. The van der Waals surface area contributed by atoms with Crippen LogP contribution in [0.5, 0.6) is 0 Å². The monoisotopic (exact) mass is 277 g/mol. The van der Waals surface area contributed by atoms with E-state index in [1.807, 2.05) is 0 Å². The van der Waals surface area contributed by atoms with Crippen LogP contribution in [0.4, 0.5) is 0 Å². The van der Waals surface area contributed by atoms with Crippen molar-refractivity contribution in [1.29, 1.82) is 0 Å². The molecule has 0 aromatic heterocycles. The molecule has 0 radical (unpaired) electrons. The third kappa shape index (κ3) is 6.06. The third-order valence-corrected chi connectivity index (χ3v) is 3.88. The van der Waals surface area contributed by atoms with Gasteiger partial charge in [-0.05, 0) is 42.9 Å². The zero-order valence-electron chi connectivity index (χ0n) is 13.8. The van der Waals surface area contributed by atoms with Crippen LogP contribution in [0.15, 0.2) is 24.3 Å². The van der Waals surface area contributed by atoms with Crippen molar-refractivity contribution < 1.29 is 4.74 Å². The fraction of sp³-hybridized carbons (Fsp3) is 0.667. The average Bonchev–Trinajstić information content (AvgIpc) is 2.45. The Balaban J connectivity index is 2.43. The van der Waals surface area contributed by atoms with E-state index in [4.69, 9.17) is 4.74 Å². The van der Waals surface area contributed by atoms with Crippen LogP contribution in [-0.2, 0) is 11.3 Å². The number of ether oxygens (including phenoxy) is 1. The van der Waals surface area contributed by atoms with Gasteiger partial charge in [-0.1, -0.05) is 52.0 Å².